The largest absolute Gasteiger partial charge is 0.508 e. The summed E-state index contributed by atoms with van der Waals surface area (Å²) in [6, 6.07) is 1.67. The van der Waals surface area contributed by atoms with Gasteiger partial charge in [-0.3, -0.25) is 4.79 Å². The quantitative estimate of drug-likeness (QED) is 0.430. The standard InChI is InChI=1S/C24H40O4/c1-10-12-16(13-11-2)21(27)19-18(26)14-17(23(4,5)6)22(28-15(3)25)20(19)24(7,8)9/h14,16,21,26-27H,10-13H2,1-9H3. The second-order valence-electron chi connectivity index (χ2n) is 9.94. The van der Waals surface area contributed by atoms with E-state index in [1.807, 2.05) is 41.5 Å². The number of carbonyl (C=O) groups is 1. The van der Waals surface area contributed by atoms with Crippen LogP contribution in [0.1, 0.15) is 111 Å². The number of phenolic OH excluding ortho intramolecular Hbond substituents is 1. The highest BCUT2D eigenvalue weighted by Gasteiger charge is 2.36. The maximum absolute atomic E-state index is 11.9. The second-order valence-corrected chi connectivity index (χ2v) is 9.94. The number of aliphatic hydroxyl groups is 1. The first-order valence-electron chi connectivity index (χ1n) is 10.5. The molecular formula is C24H40O4. The Labute approximate surface area is 171 Å². The van der Waals surface area contributed by atoms with Crippen LogP contribution >= 0.6 is 0 Å². The maximum atomic E-state index is 11.9. The van der Waals surface area contributed by atoms with E-state index >= 15 is 0 Å². The van der Waals surface area contributed by atoms with E-state index in [4.69, 9.17) is 4.74 Å². The molecule has 0 saturated heterocycles. The van der Waals surface area contributed by atoms with Gasteiger partial charge in [0.05, 0.1) is 6.10 Å². The summed E-state index contributed by atoms with van der Waals surface area (Å²) in [4.78, 5) is 11.9. The van der Waals surface area contributed by atoms with E-state index in [2.05, 4.69) is 13.8 Å². The molecule has 0 saturated carbocycles. The molecule has 0 aliphatic carbocycles. The molecule has 160 valence electrons. The number of hydrogen-bond acceptors (Lipinski definition) is 4. The van der Waals surface area contributed by atoms with Gasteiger partial charge in [0.2, 0.25) is 0 Å². The number of aliphatic hydroxyl groups excluding tert-OH is 1. The van der Waals surface area contributed by atoms with Crippen LogP contribution in [0.3, 0.4) is 0 Å². The molecule has 28 heavy (non-hydrogen) atoms. The molecule has 0 amide bonds. The normalized spacial score (nSPS) is 13.7. The summed E-state index contributed by atoms with van der Waals surface area (Å²) in [5.74, 6) is 0.204. The number of hydrogen-bond donors (Lipinski definition) is 2. The summed E-state index contributed by atoms with van der Waals surface area (Å²) in [7, 11) is 0. The van der Waals surface area contributed by atoms with Crippen molar-refractivity contribution < 1.29 is 19.7 Å². The smallest absolute Gasteiger partial charge is 0.308 e. The minimum Gasteiger partial charge on any atom is -0.508 e. The molecule has 0 radical (unpaired) electrons. The molecular weight excluding hydrogens is 352 g/mol. The average Bonchev–Trinajstić information content (AvgIpc) is 2.52. The number of aromatic hydroxyl groups is 1. The third-order valence-corrected chi connectivity index (χ3v) is 5.16. The Morgan fingerprint density at radius 3 is 1.89 bits per heavy atom. The van der Waals surface area contributed by atoms with Crippen molar-refractivity contribution in [3.63, 3.8) is 0 Å². The molecule has 0 heterocycles. The van der Waals surface area contributed by atoms with E-state index < -0.39 is 17.5 Å². The number of ether oxygens (including phenoxy) is 1. The van der Waals surface area contributed by atoms with Gasteiger partial charge < -0.3 is 14.9 Å². The van der Waals surface area contributed by atoms with E-state index in [1.54, 1.807) is 6.07 Å². The van der Waals surface area contributed by atoms with Crippen LogP contribution in [-0.4, -0.2) is 16.2 Å². The first kappa shape index (κ1) is 24.5. The molecule has 1 atom stereocenters. The average molecular weight is 393 g/mol. The molecule has 1 aromatic carbocycles. The molecule has 0 aliphatic heterocycles. The molecule has 1 unspecified atom stereocenters. The van der Waals surface area contributed by atoms with Gasteiger partial charge in [-0.2, -0.15) is 0 Å². The molecule has 0 aliphatic rings. The van der Waals surface area contributed by atoms with Crippen molar-refractivity contribution in [3.05, 3.63) is 22.8 Å². The molecule has 0 aromatic heterocycles. The lowest BCUT2D eigenvalue weighted by molar-refractivity contribution is -0.132. The molecule has 1 rings (SSSR count). The van der Waals surface area contributed by atoms with Crippen molar-refractivity contribution in [2.45, 2.75) is 105 Å². The Bertz CT molecular complexity index is 671. The SMILES string of the molecule is CCCC(CCC)C(O)c1c(O)cc(C(C)(C)C)c(OC(C)=O)c1C(C)(C)C. The van der Waals surface area contributed by atoms with Crippen LogP contribution in [0, 0.1) is 5.92 Å². The van der Waals surface area contributed by atoms with E-state index in [1.165, 1.54) is 6.92 Å². The van der Waals surface area contributed by atoms with Crippen LogP contribution < -0.4 is 4.74 Å². The fraction of sp³-hybridized carbons (Fsp3) is 0.708. The van der Waals surface area contributed by atoms with Crippen molar-refractivity contribution >= 4 is 5.97 Å². The topological polar surface area (TPSA) is 66.8 Å². The highest BCUT2D eigenvalue weighted by atomic mass is 16.5. The van der Waals surface area contributed by atoms with Crippen LogP contribution in [0.4, 0.5) is 0 Å². The molecule has 0 fully saturated rings. The molecule has 4 nitrogen and oxygen atoms in total. The fourth-order valence-corrected chi connectivity index (χ4v) is 3.95. The fourth-order valence-electron chi connectivity index (χ4n) is 3.95. The number of benzene rings is 1. The summed E-state index contributed by atoms with van der Waals surface area (Å²) in [6.07, 6.45) is 2.87. The number of rotatable bonds is 7. The van der Waals surface area contributed by atoms with Crippen LogP contribution in [-0.2, 0) is 15.6 Å². The van der Waals surface area contributed by atoms with Gasteiger partial charge in [-0.15, -0.1) is 0 Å². The van der Waals surface area contributed by atoms with Gasteiger partial charge in [-0.1, -0.05) is 68.2 Å². The van der Waals surface area contributed by atoms with Gasteiger partial charge in [-0.05, 0) is 35.7 Å². The number of phenols is 1. The summed E-state index contributed by atoms with van der Waals surface area (Å²) in [5.41, 5.74) is 1.23. The Hall–Kier alpha value is -1.55. The lowest BCUT2D eigenvalue weighted by Gasteiger charge is -2.34. The molecule has 1 aromatic rings. The third-order valence-electron chi connectivity index (χ3n) is 5.16. The van der Waals surface area contributed by atoms with E-state index in [-0.39, 0.29) is 17.1 Å². The van der Waals surface area contributed by atoms with Crippen molar-refractivity contribution in [3.8, 4) is 11.5 Å². The van der Waals surface area contributed by atoms with Gasteiger partial charge in [0.15, 0.2) is 0 Å². The van der Waals surface area contributed by atoms with Gasteiger partial charge in [0, 0.05) is 23.6 Å². The highest BCUT2D eigenvalue weighted by Crippen LogP contribution is 2.49. The van der Waals surface area contributed by atoms with Crippen LogP contribution in [0.15, 0.2) is 6.07 Å². The second kappa shape index (κ2) is 9.30. The first-order valence-corrected chi connectivity index (χ1v) is 10.5. The zero-order valence-electron chi connectivity index (χ0n) is 19.3. The predicted molar refractivity (Wildman–Crippen MR) is 115 cm³/mol. The Balaban J connectivity index is 3.88. The monoisotopic (exact) mass is 392 g/mol. The van der Waals surface area contributed by atoms with Crippen molar-refractivity contribution in [2.75, 3.05) is 0 Å². The Kier molecular flexibility index (Phi) is 8.13. The van der Waals surface area contributed by atoms with Crippen molar-refractivity contribution in [1.82, 2.24) is 0 Å². The van der Waals surface area contributed by atoms with E-state index in [0.717, 1.165) is 36.8 Å². The van der Waals surface area contributed by atoms with Crippen LogP contribution in [0.2, 0.25) is 0 Å². The van der Waals surface area contributed by atoms with Gasteiger partial charge in [-0.25, -0.2) is 0 Å². The van der Waals surface area contributed by atoms with Crippen molar-refractivity contribution in [2.24, 2.45) is 5.92 Å². The zero-order valence-corrected chi connectivity index (χ0v) is 19.3. The molecule has 0 bridgehead atoms. The Morgan fingerprint density at radius 2 is 1.54 bits per heavy atom. The number of esters is 1. The molecule has 4 heteroatoms. The van der Waals surface area contributed by atoms with Crippen molar-refractivity contribution in [1.29, 1.82) is 0 Å². The molecule has 2 N–H and O–H groups in total. The lowest BCUT2D eigenvalue weighted by Crippen LogP contribution is -2.25. The van der Waals surface area contributed by atoms with Gasteiger partial charge in [0.25, 0.3) is 0 Å². The van der Waals surface area contributed by atoms with E-state index in [0.29, 0.717) is 11.3 Å². The van der Waals surface area contributed by atoms with Gasteiger partial charge >= 0.3 is 5.97 Å². The van der Waals surface area contributed by atoms with Gasteiger partial charge in [0.1, 0.15) is 11.5 Å². The minimum absolute atomic E-state index is 0.0488. The third kappa shape index (κ3) is 5.73. The highest BCUT2D eigenvalue weighted by molar-refractivity contribution is 5.72. The summed E-state index contributed by atoms with van der Waals surface area (Å²) < 4.78 is 5.71. The maximum Gasteiger partial charge on any atom is 0.308 e. The van der Waals surface area contributed by atoms with Crippen LogP contribution in [0.25, 0.3) is 0 Å². The summed E-state index contributed by atoms with van der Waals surface area (Å²) in [5, 5.41) is 22.3. The van der Waals surface area contributed by atoms with Crippen LogP contribution in [0.5, 0.6) is 11.5 Å². The number of carbonyl (C=O) groups excluding carboxylic acids is 1. The minimum atomic E-state index is -0.808. The summed E-state index contributed by atoms with van der Waals surface area (Å²) >= 11 is 0. The Morgan fingerprint density at radius 1 is 1.04 bits per heavy atom. The first-order chi connectivity index (χ1) is 12.8. The lowest BCUT2D eigenvalue weighted by atomic mass is 9.74. The van der Waals surface area contributed by atoms with E-state index in [9.17, 15) is 15.0 Å². The zero-order chi connectivity index (χ0) is 21.9. The summed E-state index contributed by atoms with van der Waals surface area (Å²) in [6.45, 7) is 17.7. The molecule has 0 spiro atoms. The predicted octanol–water partition coefficient (Wildman–Crippen LogP) is 6.16.